The van der Waals surface area contributed by atoms with E-state index in [1.54, 1.807) is 6.07 Å². The van der Waals surface area contributed by atoms with Crippen LogP contribution in [0.25, 0.3) is 0 Å². The molecule has 0 aliphatic carbocycles. The standard InChI is InChI=1S/C20H24F3N3/c1-7-26-15(4)14(3)19(25(6)16(26)5)24-13(2)11-17-9-8-10-18(12-17)20(21,22)23/h8-10,12H,4-5,7,11H2,1-3,6H3. The summed E-state index contributed by atoms with van der Waals surface area (Å²) in [5.74, 6) is 1.49. The summed E-state index contributed by atoms with van der Waals surface area (Å²) in [7, 11) is 1.87. The van der Waals surface area contributed by atoms with E-state index < -0.39 is 11.7 Å². The smallest absolute Gasteiger partial charge is 0.329 e. The van der Waals surface area contributed by atoms with Crippen molar-refractivity contribution in [2.45, 2.75) is 33.4 Å². The summed E-state index contributed by atoms with van der Waals surface area (Å²) < 4.78 is 38.6. The second-order valence-electron chi connectivity index (χ2n) is 6.34. The number of aliphatic imine (C=N–C) groups is 1. The first-order valence-electron chi connectivity index (χ1n) is 8.36. The van der Waals surface area contributed by atoms with Crippen molar-refractivity contribution < 1.29 is 13.2 Å². The fourth-order valence-electron chi connectivity index (χ4n) is 2.95. The predicted molar refractivity (Wildman–Crippen MR) is 99.4 cm³/mol. The largest absolute Gasteiger partial charge is 0.416 e. The monoisotopic (exact) mass is 363 g/mol. The first-order valence-corrected chi connectivity index (χ1v) is 8.36. The third-order valence-electron chi connectivity index (χ3n) is 4.44. The Labute approximate surface area is 152 Å². The quantitative estimate of drug-likeness (QED) is 0.686. The molecular weight excluding hydrogens is 339 g/mol. The Hall–Kier alpha value is -2.50. The van der Waals surface area contributed by atoms with Crippen LogP contribution in [0.5, 0.6) is 0 Å². The zero-order valence-corrected chi connectivity index (χ0v) is 15.6. The average molecular weight is 363 g/mol. The van der Waals surface area contributed by atoms with Crippen LogP contribution in [0.2, 0.25) is 0 Å². The van der Waals surface area contributed by atoms with Crippen molar-refractivity contribution in [2.24, 2.45) is 4.99 Å². The van der Waals surface area contributed by atoms with E-state index in [0.29, 0.717) is 17.8 Å². The molecule has 6 heteroatoms. The van der Waals surface area contributed by atoms with Crippen molar-refractivity contribution in [3.05, 3.63) is 71.5 Å². The zero-order chi connectivity index (χ0) is 19.6. The Morgan fingerprint density at radius 1 is 1.23 bits per heavy atom. The average Bonchev–Trinajstić information content (AvgIpc) is 2.57. The van der Waals surface area contributed by atoms with E-state index in [2.05, 4.69) is 18.2 Å². The summed E-state index contributed by atoms with van der Waals surface area (Å²) in [6, 6.07) is 5.34. The van der Waals surface area contributed by atoms with E-state index in [-0.39, 0.29) is 0 Å². The Morgan fingerprint density at radius 3 is 2.46 bits per heavy atom. The third-order valence-corrected chi connectivity index (χ3v) is 4.44. The van der Waals surface area contributed by atoms with Crippen molar-refractivity contribution in [3.63, 3.8) is 0 Å². The number of likely N-dealkylation sites (N-methyl/N-ethyl adjacent to an activating group) is 1. The molecule has 1 aromatic carbocycles. The van der Waals surface area contributed by atoms with Crippen molar-refractivity contribution in [1.82, 2.24) is 9.80 Å². The second-order valence-corrected chi connectivity index (χ2v) is 6.34. The summed E-state index contributed by atoms with van der Waals surface area (Å²) in [6.07, 6.45) is -4.01. The lowest BCUT2D eigenvalue weighted by Gasteiger charge is -2.39. The maximum atomic E-state index is 12.9. The van der Waals surface area contributed by atoms with E-state index in [4.69, 9.17) is 0 Å². The van der Waals surface area contributed by atoms with Crippen LogP contribution in [0, 0.1) is 0 Å². The molecule has 1 aliphatic heterocycles. The molecule has 0 aromatic heterocycles. The van der Waals surface area contributed by atoms with Gasteiger partial charge >= 0.3 is 6.18 Å². The minimum absolute atomic E-state index is 0.338. The fraction of sp³-hybridized carbons (Fsp3) is 0.350. The Morgan fingerprint density at radius 2 is 1.88 bits per heavy atom. The van der Waals surface area contributed by atoms with Crippen molar-refractivity contribution in [3.8, 4) is 0 Å². The molecule has 0 amide bonds. The molecule has 0 spiro atoms. The molecule has 1 aromatic rings. The Balaban J connectivity index is 2.31. The lowest BCUT2D eigenvalue weighted by Crippen LogP contribution is -2.36. The van der Waals surface area contributed by atoms with E-state index in [1.165, 1.54) is 12.1 Å². The highest BCUT2D eigenvalue weighted by Gasteiger charge is 2.30. The molecule has 26 heavy (non-hydrogen) atoms. The highest BCUT2D eigenvalue weighted by molar-refractivity contribution is 5.85. The first kappa shape index (κ1) is 19.8. The SMILES string of the molecule is C=C1C(C)=C(N=C(C)Cc2cccc(C(F)(F)F)c2)N(C)C(=C)N1CC. The van der Waals surface area contributed by atoms with Crippen LogP contribution in [0.4, 0.5) is 13.2 Å². The van der Waals surface area contributed by atoms with Gasteiger partial charge < -0.3 is 9.80 Å². The van der Waals surface area contributed by atoms with Gasteiger partial charge in [-0.1, -0.05) is 31.4 Å². The second kappa shape index (κ2) is 7.40. The summed E-state index contributed by atoms with van der Waals surface area (Å²) in [5, 5.41) is 0. The number of hydrogen-bond donors (Lipinski definition) is 0. The molecule has 0 N–H and O–H groups in total. The number of rotatable bonds is 4. The van der Waals surface area contributed by atoms with Crippen LogP contribution in [0.3, 0.4) is 0 Å². The number of halogens is 3. The number of benzene rings is 1. The van der Waals surface area contributed by atoms with Gasteiger partial charge in [0.2, 0.25) is 0 Å². The van der Waals surface area contributed by atoms with Gasteiger partial charge in [-0.05, 0) is 32.4 Å². The van der Waals surface area contributed by atoms with E-state index in [0.717, 1.165) is 35.4 Å². The van der Waals surface area contributed by atoms with Gasteiger partial charge in [0.1, 0.15) is 11.6 Å². The lowest BCUT2D eigenvalue weighted by atomic mass is 10.1. The van der Waals surface area contributed by atoms with Crippen LogP contribution in [0.15, 0.2) is 65.3 Å². The van der Waals surface area contributed by atoms with E-state index in [1.807, 2.05) is 37.6 Å². The van der Waals surface area contributed by atoms with Crippen LogP contribution in [0.1, 0.15) is 31.9 Å². The summed E-state index contributed by atoms with van der Waals surface area (Å²) in [5.41, 5.74) is 2.40. The van der Waals surface area contributed by atoms with Gasteiger partial charge in [-0.15, -0.1) is 0 Å². The van der Waals surface area contributed by atoms with Gasteiger partial charge in [0.25, 0.3) is 0 Å². The van der Waals surface area contributed by atoms with Gasteiger partial charge in [0.05, 0.1) is 5.56 Å². The molecular formula is C20H24F3N3. The van der Waals surface area contributed by atoms with E-state index >= 15 is 0 Å². The van der Waals surface area contributed by atoms with Gasteiger partial charge in [0.15, 0.2) is 0 Å². The molecule has 0 unspecified atom stereocenters. The maximum absolute atomic E-state index is 12.9. The Kier molecular flexibility index (Phi) is 5.64. The van der Waals surface area contributed by atoms with Crippen LogP contribution < -0.4 is 0 Å². The lowest BCUT2D eigenvalue weighted by molar-refractivity contribution is -0.137. The minimum Gasteiger partial charge on any atom is -0.329 e. The third kappa shape index (κ3) is 4.00. The molecule has 0 atom stereocenters. The van der Waals surface area contributed by atoms with Crippen LogP contribution in [-0.2, 0) is 12.6 Å². The topological polar surface area (TPSA) is 18.8 Å². The van der Waals surface area contributed by atoms with Gasteiger partial charge in [-0.3, -0.25) is 0 Å². The van der Waals surface area contributed by atoms with E-state index in [9.17, 15) is 13.2 Å². The molecule has 0 radical (unpaired) electrons. The summed E-state index contributed by atoms with van der Waals surface area (Å²) in [4.78, 5) is 8.52. The Bertz CT molecular complexity index is 788. The van der Waals surface area contributed by atoms with Gasteiger partial charge in [0, 0.05) is 37.0 Å². The van der Waals surface area contributed by atoms with Crippen molar-refractivity contribution >= 4 is 5.71 Å². The summed E-state index contributed by atoms with van der Waals surface area (Å²) in [6.45, 7) is 14.7. The molecule has 140 valence electrons. The molecule has 0 bridgehead atoms. The molecule has 3 nitrogen and oxygen atoms in total. The number of nitrogens with zero attached hydrogens (tertiary/aromatic N) is 3. The zero-order valence-electron chi connectivity index (χ0n) is 15.6. The predicted octanol–water partition coefficient (Wildman–Crippen LogP) is 5.19. The molecule has 0 saturated heterocycles. The van der Waals surface area contributed by atoms with Gasteiger partial charge in [-0.2, -0.15) is 13.2 Å². The number of alkyl halides is 3. The molecule has 2 rings (SSSR count). The van der Waals surface area contributed by atoms with Crippen LogP contribution >= 0.6 is 0 Å². The highest BCUT2D eigenvalue weighted by atomic mass is 19.4. The first-order chi connectivity index (χ1) is 12.1. The fourth-order valence-corrected chi connectivity index (χ4v) is 2.95. The van der Waals surface area contributed by atoms with Crippen molar-refractivity contribution in [2.75, 3.05) is 13.6 Å². The molecule has 1 aliphatic rings. The summed E-state index contributed by atoms with van der Waals surface area (Å²) >= 11 is 0. The molecule has 0 saturated carbocycles. The number of hydrogen-bond acceptors (Lipinski definition) is 3. The van der Waals surface area contributed by atoms with Gasteiger partial charge in [-0.25, -0.2) is 4.99 Å². The highest BCUT2D eigenvalue weighted by Crippen LogP contribution is 2.32. The minimum atomic E-state index is -4.34. The number of allylic oxidation sites excluding steroid dienone is 1. The molecule has 1 heterocycles. The normalized spacial score (nSPS) is 16.7. The maximum Gasteiger partial charge on any atom is 0.416 e. The van der Waals surface area contributed by atoms with Crippen LogP contribution in [-0.4, -0.2) is 29.1 Å². The molecule has 0 fully saturated rings. The van der Waals surface area contributed by atoms with Crippen molar-refractivity contribution in [1.29, 1.82) is 0 Å².